The predicted octanol–water partition coefficient (Wildman–Crippen LogP) is 5.77. The zero-order valence-corrected chi connectivity index (χ0v) is 19.4. The molecule has 4 N–H and O–H groups in total. The molecule has 4 heteroatoms. The molecule has 2 aliphatic rings. The van der Waals surface area contributed by atoms with Crippen LogP contribution < -0.4 is 21.3 Å². The van der Waals surface area contributed by atoms with Crippen molar-refractivity contribution >= 4 is 22.7 Å². The van der Waals surface area contributed by atoms with Crippen LogP contribution in [-0.2, 0) is 0 Å². The molecule has 2 saturated heterocycles. The van der Waals surface area contributed by atoms with E-state index >= 15 is 0 Å². The van der Waals surface area contributed by atoms with Crippen LogP contribution in [0.1, 0.15) is 56.1 Å². The van der Waals surface area contributed by atoms with Gasteiger partial charge >= 0.3 is 0 Å². The lowest BCUT2D eigenvalue weighted by Gasteiger charge is -2.36. The van der Waals surface area contributed by atoms with E-state index in [1.165, 1.54) is 93.6 Å². The molecule has 0 bridgehead atoms. The van der Waals surface area contributed by atoms with Gasteiger partial charge in [0.2, 0.25) is 0 Å². The lowest BCUT2D eigenvalue weighted by molar-refractivity contribution is 0.325. The van der Waals surface area contributed by atoms with Crippen LogP contribution in [0.4, 0.5) is 22.7 Å². The van der Waals surface area contributed by atoms with Gasteiger partial charge in [0.1, 0.15) is 0 Å². The highest BCUT2D eigenvalue weighted by molar-refractivity contribution is 5.60. The first-order valence-corrected chi connectivity index (χ1v) is 12.2. The second-order valence-corrected chi connectivity index (χ2v) is 9.88. The molecule has 0 radical (unpaired) electrons. The molecule has 0 spiro atoms. The Labute approximate surface area is 188 Å². The van der Waals surface area contributed by atoms with E-state index in [0.717, 1.165) is 23.2 Å². The predicted molar refractivity (Wildman–Crippen MR) is 135 cm³/mol. The molecule has 2 aromatic rings. The number of nitrogens with zero attached hydrogens (tertiary/aromatic N) is 2. The molecule has 0 saturated carbocycles. The van der Waals surface area contributed by atoms with Crippen LogP contribution in [0, 0.1) is 25.7 Å². The summed E-state index contributed by atoms with van der Waals surface area (Å²) in [6.45, 7) is 9.11. The summed E-state index contributed by atoms with van der Waals surface area (Å²) in [6.07, 6.45) is 9.55. The van der Waals surface area contributed by atoms with Gasteiger partial charge in [0, 0.05) is 48.9 Å². The Bertz CT molecular complexity index is 790. The first-order chi connectivity index (χ1) is 15.0. The van der Waals surface area contributed by atoms with Gasteiger partial charge in [0.25, 0.3) is 0 Å². The molecule has 0 atom stereocenters. The lowest BCUT2D eigenvalue weighted by atomic mass is 9.86. The highest BCUT2D eigenvalue weighted by Gasteiger charge is 2.23. The number of aryl methyl sites for hydroxylation is 2. The molecular weight excluding hydrogens is 380 g/mol. The number of rotatable bonds is 6. The van der Waals surface area contributed by atoms with Gasteiger partial charge in [-0.1, -0.05) is 19.3 Å². The van der Waals surface area contributed by atoms with Crippen molar-refractivity contribution in [3.8, 4) is 0 Å². The maximum Gasteiger partial charge on any atom is 0.0397 e. The third-order valence-electron chi connectivity index (χ3n) is 7.58. The van der Waals surface area contributed by atoms with Crippen LogP contribution in [0.25, 0.3) is 0 Å². The summed E-state index contributed by atoms with van der Waals surface area (Å²) in [5.41, 5.74) is 18.9. The van der Waals surface area contributed by atoms with E-state index in [0.29, 0.717) is 0 Å². The highest BCUT2D eigenvalue weighted by atomic mass is 15.1. The largest absolute Gasteiger partial charge is 0.399 e. The van der Waals surface area contributed by atoms with Gasteiger partial charge < -0.3 is 21.3 Å². The Morgan fingerprint density at radius 3 is 1.42 bits per heavy atom. The van der Waals surface area contributed by atoms with Crippen LogP contribution in [0.2, 0.25) is 0 Å². The number of hydrogen-bond donors (Lipinski definition) is 2. The summed E-state index contributed by atoms with van der Waals surface area (Å²) < 4.78 is 0. The maximum absolute atomic E-state index is 5.92. The van der Waals surface area contributed by atoms with Crippen molar-refractivity contribution in [1.29, 1.82) is 0 Å². The zero-order valence-electron chi connectivity index (χ0n) is 19.4. The van der Waals surface area contributed by atoms with Gasteiger partial charge in [-0.15, -0.1) is 0 Å². The molecule has 4 rings (SSSR count). The molecule has 2 fully saturated rings. The second-order valence-electron chi connectivity index (χ2n) is 9.88. The van der Waals surface area contributed by atoms with Crippen molar-refractivity contribution in [2.45, 2.75) is 58.8 Å². The Balaban J connectivity index is 1.16. The number of hydrogen-bond acceptors (Lipinski definition) is 4. The van der Waals surface area contributed by atoms with Crippen molar-refractivity contribution in [2.24, 2.45) is 11.8 Å². The fourth-order valence-corrected chi connectivity index (χ4v) is 5.69. The lowest BCUT2D eigenvalue weighted by Crippen LogP contribution is -2.35. The van der Waals surface area contributed by atoms with Crippen molar-refractivity contribution in [2.75, 3.05) is 47.4 Å². The average Bonchev–Trinajstić information content (AvgIpc) is 2.75. The van der Waals surface area contributed by atoms with E-state index in [4.69, 9.17) is 11.5 Å². The molecule has 2 heterocycles. The highest BCUT2D eigenvalue weighted by Crippen LogP contribution is 2.32. The molecular formula is C27H40N4. The summed E-state index contributed by atoms with van der Waals surface area (Å²) in [5.74, 6) is 1.81. The van der Waals surface area contributed by atoms with Crippen LogP contribution in [0.5, 0.6) is 0 Å². The Kier molecular flexibility index (Phi) is 6.94. The fraction of sp³-hybridized carbons (Fsp3) is 0.556. The van der Waals surface area contributed by atoms with Gasteiger partial charge in [-0.25, -0.2) is 0 Å². The first-order valence-electron chi connectivity index (χ1n) is 12.2. The number of nitrogens with two attached hydrogens (primary N) is 2. The average molecular weight is 421 g/mol. The topological polar surface area (TPSA) is 58.5 Å². The van der Waals surface area contributed by atoms with Gasteiger partial charge in [-0.3, -0.25) is 0 Å². The summed E-state index contributed by atoms with van der Waals surface area (Å²) in [5, 5.41) is 0. The number of nitrogen functional groups attached to an aromatic ring is 2. The second kappa shape index (κ2) is 9.84. The number of piperidine rings is 2. The molecule has 0 aromatic heterocycles. The Hall–Kier alpha value is -2.36. The summed E-state index contributed by atoms with van der Waals surface area (Å²) in [6, 6.07) is 12.7. The smallest absolute Gasteiger partial charge is 0.0397 e. The van der Waals surface area contributed by atoms with Crippen molar-refractivity contribution in [3.05, 3.63) is 47.5 Å². The molecule has 4 nitrogen and oxygen atoms in total. The number of anilines is 4. The van der Waals surface area contributed by atoms with Crippen molar-refractivity contribution in [1.82, 2.24) is 0 Å². The van der Waals surface area contributed by atoms with Gasteiger partial charge in [-0.2, -0.15) is 0 Å². The van der Waals surface area contributed by atoms with E-state index in [-0.39, 0.29) is 0 Å². The fourth-order valence-electron chi connectivity index (χ4n) is 5.69. The van der Waals surface area contributed by atoms with E-state index < -0.39 is 0 Å². The molecule has 0 aliphatic carbocycles. The molecule has 168 valence electrons. The zero-order chi connectivity index (χ0) is 21.8. The summed E-state index contributed by atoms with van der Waals surface area (Å²) in [7, 11) is 0. The van der Waals surface area contributed by atoms with Gasteiger partial charge in [0.15, 0.2) is 0 Å². The van der Waals surface area contributed by atoms with E-state index in [2.05, 4.69) is 47.9 Å². The molecule has 31 heavy (non-hydrogen) atoms. The Morgan fingerprint density at radius 1 is 0.677 bits per heavy atom. The summed E-state index contributed by atoms with van der Waals surface area (Å²) >= 11 is 0. The van der Waals surface area contributed by atoms with E-state index in [1.807, 2.05) is 12.1 Å². The quantitative estimate of drug-likeness (QED) is 0.582. The van der Waals surface area contributed by atoms with Crippen LogP contribution in [0.3, 0.4) is 0 Å². The third kappa shape index (κ3) is 5.47. The number of benzene rings is 2. The molecule has 0 unspecified atom stereocenters. The van der Waals surface area contributed by atoms with Crippen molar-refractivity contribution in [3.63, 3.8) is 0 Å². The molecule has 0 amide bonds. The van der Waals surface area contributed by atoms with E-state index in [9.17, 15) is 0 Å². The van der Waals surface area contributed by atoms with Crippen LogP contribution in [0.15, 0.2) is 36.4 Å². The monoisotopic (exact) mass is 420 g/mol. The molecule has 2 aliphatic heterocycles. The maximum atomic E-state index is 5.92. The van der Waals surface area contributed by atoms with E-state index in [1.54, 1.807) is 0 Å². The third-order valence-corrected chi connectivity index (χ3v) is 7.58. The first kappa shape index (κ1) is 21.9. The minimum Gasteiger partial charge on any atom is -0.399 e. The normalized spacial score (nSPS) is 18.5. The molecule has 2 aromatic carbocycles. The van der Waals surface area contributed by atoms with Crippen LogP contribution >= 0.6 is 0 Å². The van der Waals surface area contributed by atoms with Crippen LogP contribution in [-0.4, -0.2) is 26.2 Å². The minimum absolute atomic E-state index is 0.866. The van der Waals surface area contributed by atoms with Crippen molar-refractivity contribution < 1.29 is 0 Å². The SMILES string of the molecule is Cc1cc(N)ccc1N1CCC(CCCC2CCN(c3ccc(N)cc3C)CC2)CC1. The van der Waals surface area contributed by atoms with Gasteiger partial charge in [0.05, 0.1) is 0 Å². The Morgan fingerprint density at radius 2 is 1.06 bits per heavy atom. The summed E-state index contributed by atoms with van der Waals surface area (Å²) in [4.78, 5) is 5.11. The standard InChI is InChI=1S/C27H40N4/c1-20-18-24(28)6-8-26(20)30-14-10-22(11-15-30)4-3-5-23-12-16-31(17-13-23)27-9-7-25(29)19-21(27)2/h6-9,18-19,22-23H,3-5,10-17,28-29H2,1-2H3. The van der Waals surface area contributed by atoms with Gasteiger partial charge in [-0.05, 0) is 98.9 Å². The minimum atomic E-state index is 0.866.